The van der Waals surface area contributed by atoms with Crippen LogP contribution in [0.15, 0.2) is 28.8 Å². The van der Waals surface area contributed by atoms with E-state index in [4.69, 9.17) is 4.52 Å². The Morgan fingerprint density at radius 2 is 2.18 bits per heavy atom. The molecule has 0 spiro atoms. The van der Waals surface area contributed by atoms with Crippen molar-refractivity contribution in [3.05, 3.63) is 47.4 Å². The molecule has 1 fully saturated rings. The van der Waals surface area contributed by atoms with Crippen molar-refractivity contribution < 1.29 is 8.91 Å². The number of halogens is 1. The number of nitrogens with zero attached hydrogens (tertiary/aromatic N) is 3. The average Bonchev–Trinajstić information content (AvgIpc) is 2.96. The first kappa shape index (κ1) is 15.1. The molecule has 0 aliphatic carbocycles. The van der Waals surface area contributed by atoms with Crippen LogP contribution in [0, 0.1) is 5.82 Å². The Kier molecular flexibility index (Phi) is 4.49. The second kappa shape index (κ2) is 6.54. The maximum atomic E-state index is 13.0. The Balaban J connectivity index is 1.67. The van der Waals surface area contributed by atoms with Crippen molar-refractivity contribution in [2.24, 2.45) is 0 Å². The van der Waals surface area contributed by atoms with Gasteiger partial charge in [0.15, 0.2) is 5.82 Å². The number of nitrogens with one attached hydrogen (secondary N) is 1. The number of rotatable bonds is 4. The molecule has 0 bridgehead atoms. The first-order valence-electron chi connectivity index (χ1n) is 7.62. The Morgan fingerprint density at radius 3 is 2.91 bits per heavy atom. The number of hydrogen-bond donors (Lipinski definition) is 1. The summed E-state index contributed by atoms with van der Waals surface area (Å²) in [6.07, 6.45) is 0.655. The molecule has 6 heteroatoms. The fourth-order valence-electron chi connectivity index (χ4n) is 2.75. The summed E-state index contributed by atoms with van der Waals surface area (Å²) in [6.45, 7) is 4.87. The molecular formula is C16H21FN4O. The van der Waals surface area contributed by atoms with Gasteiger partial charge in [0.1, 0.15) is 5.82 Å². The topological polar surface area (TPSA) is 54.2 Å². The van der Waals surface area contributed by atoms with E-state index in [9.17, 15) is 4.39 Å². The van der Waals surface area contributed by atoms with Crippen LogP contribution in [0.4, 0.5) is 4.39 Å². The molecule has 1 aromatic carbocycles. The predicted molar refractivity (Wildman–Crippen MR) is 81.1 cm³/mol. The van der Waals surface area contributed by atoms with Gasteiger partial charge < -0.3 is 9.84 Å². The third-order valence-electron chi connectivity index (χ3n) is 4.21. The number of aromatic nitrogens is 2. The van der Waals surface area contributed by atoms with E-state index in [1.54, 1.807) is 12.1 Å². The second-order valence-electron chi connectivity index (χ2n) is 5.90. The lowest BCUT2D eigenvalue weighted by atomic mass is 9.98. The van der Waals surface area contributed by atoms with Gasteiger partial charge in [0.25, 0.3) is 0 Å². The van der Waals surface area contributed by atoms with E-state index in [0.717, 1.165) is 31.0 Å². The van der Waals surface area contributed by atoms with Crippen molar-refractivity contribution in [1.82, 2.24) is 20.4 Å². The minimum atomic E-state index is -0.219. The number of benzene rings is 1. The van der Waals surface area contributed by atoms with E-state index in [-0.39, 0.29) is 17.8 Å². The summed E-state index contributed by atoms with van der Waals surface area (Å²) in [4.78, 5) is 6.76. The molecule has 2 atom stereocenters. The molecule has 0 radical (unpaired) electrons. The molecule has 118 valence electrons. The van der Waals surface area contributed by atoms with E-state index >= 15 is 0 Å². The summed E-state index contributed by atoms with van der Waals surface area (Å²) in [5.41, 5.74) is 1.07. The van der Waals surface area contributed by atoms with Crippen LogP contribution in [0.5, 0.6) is 0 Å². The standard InChI is InChI=1S/C16H21FN4O/c1-11(12-3-5-13(17)6-4-12)9-15-19-16(20-22-15)14-10-18-7-8-21(14)2/h3-6,11,14,18H,7-10H2,1-2H3. The molecule has 5 nitrogen and oxygen atoms in total. The SMILES string of the molecule is CC(Cc1nc(C2CNCCN2C)no1)c1ccc(F)cc1. The van der Waals surface area contributed by atoms with Crippen LogP contribution < -0.4 is 5.32 Å². The fourth-order valence-corrected chi connectivity index (χ4v) is 2.75. The lowest BCUT2D eigenvalue weighted by molar-refractivity contribution is 0.190. The lowest BCUT2D eigenvalue weighted by Gasteiger charge is -2.30. The highest BCUT2D eigenvalue weighted by Crippen LogP contribution is 2.22. The molecule has 1 saturated heterocycles. The molecule has 0 saturated carbocycles. The molecule has 1 aromatic heterocycles. The molecule has 1 N–H and O–H groups in total. The average molecular weight is 304 g/mol. The first-order valence-corrected chi connectivity index (χ1v) is 7.62. The summed E-state index contributed by atoms with van der Waals surface area (Å²) in [7, 11) is 2.07. The molecule has 2 unspecified atom stereocenters. The molecule has 3 rings (SSSR count). The highest BCUT2D eigenvalue weighted by atomic mass is 19.1. The fraction of sp³-hybridized carbons (Fsp3) is 0.500. The number of piperazine rings is 1. The van der Waals surface area contributed by atoms with Gasteiger partial charge in [0.05, 0.1) is 6.04 Å². The summed E-state index contributed by atoms with van der Waals surface area (Å²) in [5.74, 6) is 1.35. The first-order chi connectivity index (χ1) is 10.6. The molecular weight excluding hydrogens is 283 g/mol. The highest BCUT2D eigenvalue weighted by Gasteiger charge is 2.25. The minimum absolute atomic E-state index is 0.160. The van der Waals surface area contributed by atoms with Gasteiger partial charge in [-0.05, 0) is 30.7 Å². The predicted octanol–water partition coefficient (Wildman–Crippen LogP) is 2.13. The molecule has 2 heterocycles. The van der Waals surface area contributed by atoms with E-state index in [1.165, 1.54) is 12.1 Å². The van der Waals surface area contributed by atoms with Gasteiger partial charge in [-0.1, -0.05) is 24.2 Å². The third kappa shape index (κ3) is 3.34. The molecule has 2 aromatic rings. The number of likely N-dealkylation sites (N-methyl/N-ethyl adjacent to an activating group) is 1. The van der Waals surface area contributed by atoms with Crippen LogP contribution in [0.3, 0.4) is 0 Å². The van der Waals surface area contributed by atoms with E-state index < -0.39 is 0 Å². The molecule has 1 aliphatic rings. The highest BCUT2D eigenvalue weighted by molar-refractivity contribution is 5.20. The van der Waals surface area contributed by atoms with Crippen LogP contribution in [0.2, 0.25) is 0 Å². The van der Waals surface area contributed by atoms with Crippen LogP contribution in [-0.2, 0) is 6.42 Å². The van der Waals surface area contributed by atoms with E-state index in [2.05, 4.69) is 34.3 Å². The minimum Gasteiger partial charge on any atom is -0.339 e. The Morgan fingerprint density at radius 1 is 1.41 bits per heavy atom. The molecule has 0 amide bonds. The molecule has 1 aliphatic heterocycles. The zero-order valence-corrected chi connectivity index (χ0v) is 12.9. The van der Waals surface area contributed by atoms with Crippen molar-refractivity contribution in [2.45, 2.75) is 25.3 Å². The number of hydrogen-bond acceptors (Lipinski definition) is 5. The van der Waals surface area contributed by atoms with Crippen LogP contribution >= 0.6 is 0 Å². The van der Waals surface area contributed by atoms with Crippen molar-refractivity contribution in [1.29, 1.82) is 0 Å². The third-order valence-corrected chi connectivity index (χ3v) is 4.21. The Bertz CT molecular complexity index is 613. The smallest absolute Gasteiger partial charge is 0.227 e. The Labute approximate surface area is 129 Å². The van der Waals surface area contributed by atoms with Crippen molar-refractivity contribution in [3.8, 4) is 0 Å². The van der Waals surface area contributed by atoms with Crippen LogP contribution in [0.1, 0.15) is 36.2 Å². The maximum Gasteiger partial charge on any atom is 0.227 e. The van der Waals surface area contributed by atoms with Gasteiger partial charge in [0.2, 0.25) is 5.89 Å². The summed E-state index contributed by atoms with van der Waals surface area (Å²) in [5, 5.41) is 7.47. The van der Waals surface area contributed by atoms with Crippen molar-refractivity contribution >= 4 is 0 Å². The van der Waals surface area contributed by atoms with E-state index in [0.29, 0.717) is 12.3 Å². The monoisotopic (exact) mass is 304 g/mol. The Hall–Kier alpha value is -1.79. The van der Waals surface area contributed by atoms with Crippen molar-refractivity contribution in [2.75, 3.05) is 26.7 Å². The van der Waals surface area contributed by atoms with E-state index in [1.807, 2.05) is 0 Å². The normalized spacial score (nSPS) is 21.0. The van der Waals surface area contributed by atoms with Crippen LogP contribution in [-0.4, -0.2) is 41.7 Å². The summed E-state index contributed by atoms with van der Waals surface area (Å²) < 4.78 is 18.4. The van der Waals surface area contributed by atoms with Gasteiger partial charge in [-0.2, -0.15) is 4.98 Å². The van der Waals surface area contributed by atoms with Gasteiger partial charge >= 0.3 is 0 Å². The van der Waals surface area contributed by atoms with Crippen LogP contribution in [0.25, 0.3) is 0 Å². The van der Waals surface area contributed by atoms with Gasteiger partial charge in [-0.25, -0.2) is 4.39 Å². The zero-order chi connectivity index (χ0) is 15.5. The zero-order valence-electron chi connectivity index (χ0n) is 12.9. The second-order valence-corrected chi connectivity index (χ2v) is 5.90. The van der Waals surface area contributed by atoms with Gasteiger partial charge in [0, 0.05) is 26.1 Å². The van der Waals surface area contributed by atoms with Gasteiger partial charge in [-0.15, -0.1) is 0 Å². The maximum absolute atomic E-state index is 13.0. The lowest BCUT2D eigenvalue weighted by Crippen LogP contribution is -2.44. The molecule has 22 heavy (non-hydrogen) atoms. The summed E-state index contributed by atoms with van der Waals surface area (Å²) in [6, 6.07) is 6.72. The van der Waals surface area contributed by atoms with Crippen molar-refractivity contribution in [3.63, 3.8) is 0 Å². The quantitative estimate of drug-likeness (QED) is 0.938. The van der Waals surface area contributed by atoms with Gasteiger partial charge in [-0.3, -0.25) is 4.90 Å². The summed E-state index contributed by atoms with van der Waals surface area (Å²) >= 11 is 0. The largest absolute Gasteiger partial charge is 0.339 e.